The first-order valence-corrected chi connectivity index (χ1v) is 6.77. The molecule has 1 atom stereocenters. The molecule has 2 N–H and O–H groups in total. The predicted molar refractivity (Wildman–Crippen MR) is 74.3 cm³/mol. The normalized spacial score (nSPS) is 12.2. The lowest BCUT2D eigenvalue weighted by Gasteiger charge is -2.16. The molecule has 0 bridgehead atoms. The van der Waals surface area contributed by atoms with E-state index >= 15 is 0 Å². The minimum Gasteiger partial charge on any atom is -0.507 e. The van der Waals surface area contributed by atoms with E-state index in [0.29, 0.717) is 17.7 Å². The topological polar surface area (TPSA) is 66.8 Å². The van der Waals surface area contributed by atoms with E-state index in [2.05, 4.69) is 0 Å². The number of Topliss-reactive ketones (excluding diaryl/α,β-unsaturated/α-hetero) is 1. The first-order valence-electron chi connectivity index (χ1n) is 6.23. The van der Waals surface area contributed by atoms with E-state index in [4.69, 9.17) is 16.3 Å². The highest BCUT2D eigenvalue weighted by molar-refractivity contribution is 6.18. The van der Waals surface area contributed by atoms with Gasteiger partial charge in [-0.3, -0.25) is 4.79 Å². The molecule has 0 radical (unpaired) electrons. The second-order valence-electron chi connectivity index (χ2n) is 4.36. The van der Waals surface area contributed by atoms with E-state index in [1.165, 1.54) is 13.0 Å². The molecule has 4 nitrogen and oxygen atoms in total. The number of carbonyl (C=O) groups excluding carboxylic acids is 1. The number of halogens is 1. The number of phenolic OH excluding ortho intramolecular Hbond substituents is 1. The highest BCUT2D eigenvalue weighted by Gasteiger charge is 2.16. The van der Waals surface area contributed by atoms with Gasteiger partial charge in [0.25, 0.3) is 0 Å². The van der Waals surface area contributed by atoms with E-state index in [1.807, 2.05) is 6.92 Å². The summed E-state index contributed by atoms with van der Waals surface area (Å²) in [5.41, 5.74) is 0.880. The van der Waals surface area contributed by atoms with Gasteiger partial charge in [-0.05, 0) is 25.5 Å². The quantitative estimate of drug-likeness (QED) is 0.597. The third kappa shape index (κ3) is 4.11. The highest BCUT2D eigenvalue weighted by atomic mass is 35.5. The van der Waals surface area contributed by atoms with Crippen molar-refractivity contribution in [1.82, 2.24) is 0 Å². The average Bonchev–Trinajstić information content (AvgIpc) is 2.38. The van der Waals surface area contributed by atoms with Gasteiger partial charge in [-0.25, -0.2) is 0 Å². The monoisotopic (exact) mass is 286 g/mol. The molecule has 0 aliphatic carbocycles. The lowest BCUT2D eigenvalue weighted by Crippen LogP contribution is -2.19. The maximum atomic E-state index is 11.4. The number of ketones is 1. The Balaban J connectivity index is 3.03. The molecule has 0 spiro atoms. The minimum absolute atomic E-state index is 0.0350. The number of aromatic hydroxyl groups is 1. The fraction of sp³-hybridized carbons (Fsp3) is 0.500. The summed E-state index contributed by atoms with van der Waals surface area (Å²) in [6.07, 6.45) is 0.647. The first-order chi connectivity index (χ1) is 9.01. The Morgan fingerprint density at radius 1 is 1.47 bits per heavy atom. The minimum atomic E-state index is -0.759. The van der Waals surface area contributed by atoms with Gasteiger partial charge in [0.2, 0.25) is 0 Å². The van der Waals surface area contributed by atoms with Gasteiger partial charge < -0.3 is 14.9 Å². The highest BCUT2D eigenvalue weighted by Crippen LogP contribution is 2.33. The van der Waals surface area contributed by atoms with Gasteiger partial charge in [0.15, 0.2) is 5.78 Å². The fourth-order valence-electron chi connectivity index (χ4n) is 1.76. The van der Waals surface area contributed by atoms with Crippen molar-refractivity contribution in [1.29, 1.82) is 0 Å². The van der Waals surface area contributed by atoms with Crippen LogP contribution in [0.15, 0.2) is 12.1 Å². The van der Waals surface area contributed by atoms with Gasteiger partial charge in [0.1, 0.15) is 24.2 Å². The van der Waals surface area contributed by atoms with Crippen LogP contribution in [0.3, 0.4) is 0 Å². The maximum Gasteiger partial charge on any atom is 0.163 e. The molecule has 0 saturated carbocycles. The van der Waals surface area contributed by atoms with E-state index in [9.17, 15) is 15.0 Å². The molecule has 19 heavy (non-hydrogen) atoms. The van der Waals surface area contributed by atoms with Crippen LogP contribution in [0.25, 0.3) is 0 Å². The van der Waals surface area contributed by atoms with Crippen LogP contribution in [0.4, 0.5) is 0 Å². The molecule has 0 fully saturated rings. The SMILES string of the molecule is CCCc1c(OC[C@H](O)CCl)ccc(C(C)=O)c1O. The van der Waals surface area contributed by atoms with Crippen molar-refractivity contribution in [2.24, 2.45) is 0 Å². The smallest absolute Gasteiger partial charge is 0.163 e. The Labute approximate surface area is 118 Å². The summed E-state index contributed by atoms with van der Waals surface area (Å²) in [5, 5.41) is 19.5. The van der Waals surface area contributed by atoms with Gasteiger partial charge in [0.05, 0.1) is 11.4 Å². The molecule has 0 aromatic heterocycles. The maximum absolute atomic E-state index is 11.4. The van der Waals surface area contributed by atoms with Gasteiger partial charge in [-0.2, -0.15) is 0 Å². The summed E-state index contributed by atoms with van der Waals surface area (Å²) >= 11 is 5.49. The van der Waals surface area contributed by atoms with Crippen molar-refractivity contribution in [2.45, 2.75) is 32.8 Å². The van der Waals surface area contributed by atoms with Crippen molar-refractivity contribution in [2.75, 3.05) is 12.5 Å². The zero-order valence-corrected chi connectivity index (χ0v) is 11.9. The number of hydrogen-bond acceptors (Lipinski definition) is 4. The lowest BCUT2D eigenvalue weighted by molar-refractivity contribution is 0.101. The molecule has 1 rings (SSSR count). The molecule has 0 heterocycles. The van der Waals surface area contributed by atoms with Crippen molar-refractivity contribution in [3.05, 3.63) is 23.3 Å². The molecule has 0 aliphatic heterocycles. The van der Waals surface area contributed by atoms with Gasteiger partial charge in [0, 0.05) is 5.56 Å². The number of aliphatic hydroxyl groups is 1. The standard InChI is InChI=1S/C14H19ClO4/c1-3-4-12-13(19-8-10(17)7-15)6-5-11(9(2)16)14(12)18/h5-6,10,17-18H,3-4,7-8H2,1-2H3/t10-/m1/s1. The van der Waals surface area contributed by atoms with Gasteiger partial charge in [-0.1, -0.05) is 13.3 Å². The molecular weight excluding hydrogens is 268 g/mol. The number of carbonyl (C=O) groups is 1. The zero-order valence-electron chi connectivity index (χ0n) is 11.1. The first kappa shape index (κ1) is 15.8. The molecule has 0 aliphatic rings. The van der Waals surface area contributed by atoms with E-state index in [0.717, 1.165) is 6.42 Å². The number of rotatable bonds is 7. The molecule has 1 aromatic carbocycles. The van der Waals surface area contributed by atoms with Crippen molar-refractivity contribution in [3.63, 3.8) is 0 Å². The Kier molecular flexibility index (Phi) is 6.12. The van der Waals surface area contributed by atoms with Crippen LogP contribution in [-0.2, 0) is 6.42 Å². The number of benzene rings is 1. The lowest BCUT2D eigenvalue weighted by atomic mass is 10.0. The number of aliphatic hydroxyl groups excluding tert-OH is 1. The Bertz CT molecular complexity index is 445. The second kappa shape index (κ2) is 7.36. The van der Waals surface area contributed by atoms with Crippen LogP contribution in [0.5, 0.6) is 11.5 Å². The van der Waals surface area contributed by atoms with Gasteiger partial charge in [-0.15, -0.1) is 11.6 Å². The summed E-state index contributed by atoms with van der Waals surface area (Å²) < 4.78 is 5.45. The van der Waals surface area contributed by atoms with Crippen LogP contribution in [0.2, 0.25) is 0 Å². The third-order valence-electron chi connectivity index (χ3n) is 2.73. The van der Waals surface area contributed by atoms with Crippen LogP contribution in [0, 0.1) is 0 Å². The number of hydrogen-bond donors (Lipinski definition) is 2. The van der Waals surface area contributed by atoms with Crippen molar-refractivity contribution < 1.29 is 19.7 Å². The van der Waals surface area contributed by atoms with Crippen LogP contribution in [0.1, 0.15) is 36.2 Å². The predicted octanol–water partition coefficient (Wildman–Crippen LogP) is 2.53. The number of ether oxygens (including phenoxy) is 1. The van der Waals surface area contributed by atoms with Crippen LogP contribution in [-0.4, -0.2) is 34.6 Å². The summed E-state index contributed by atoms with van der Waals surface area (Å²) in [6, 6.07) is 3.17. The van der Waals surface area contributed by atoms with Crippen LogP contribution >= 0.6 is 11.6 Å². The molecular formula is C14H19ClO4. The summed E-state index contributed by atoms with van der Waals surface area (Å²) in [6.45, 7) is 3.43. The molecule has 1 aromatic rings. The Morgan fingerprint density at radius 3 is 2.68 bits per heavy atom. The summed E-state index contributed by atoms with van der Waals surface area (Å²) in [5.74, 6) is 0.337. The van der Waals surface area contributed by atoms with E-state index < -0.39 is 6.10 Å². The molecule has 0 saturated heterocycles. The fourth-order valence-corrected chi connectivity index (χ4v) is 1.85. The number of alkyl halides is 1. The summed E-state index contributed by atoms with van der Waals surface area (Å²) in [4.78, 5) is 11.4. The second-order valence-corrected chi connectivity index (χ2v) is 4.67. The van der Waals surface area contributed by atoms with E-state index in [-0.39, 0.29) is 29.6 Å². The average molecular weight is 287 g/mol. The summed E-state index contributed by atoms with van der Waals surface area (Å²) in [7, 11) is 0. The largest absolute Gasteiger partial charge is 0.507 e. The van der Waals surface area contributed by atoms with Gasteiger partial charge >= 0.3 is 0 Å². The molecule has 0 unspecified atom stereocenters. The third-order valence-corrected chi connectivity index (χ3v) is 3.08. The van der Waals surface area contributed by atoms with Crippen molar-refractivity contribution in [3.8, 4) is 11.5 Å². The van der Waals surface area contributed by atoms with Crippen molar-refractivity contribution >= 4 is 17.4 Å². The van der Waals surface area contributed by atoms with Crippen LogP contribution < -0.4 is 4.74 Å². The van der Waals surface area contributed by atoms with E-state index in [1.54, 1.807) is 6.07 Å². The Hall–Kier alpha value is -1.26. The Morgan fingerprint density at radius 2 is 2.16 bits per heavy atom. The molecule has 5 heteroatoms. The zero-order chi connectivity index (χ0) is 14.4. The molecule has 0 amide bonds. The molecule has 106 valence electrons. The number of phenols is 1.